The number of alkyl halides is 3. The maximum absolute atomic E-state index is 12.2. The SMILES string of the molecule is O=C(Nc1ccc(OCC(F)(F)F)cc1)c1csc(-c2ccsc2)n1. The van der Waals surface area contributed by atoms with E-state index in [9.17, 15) is 18.0 Å². The summed E-state index contributed by atoms with van der Waals surface area (Å²) in [5.41, 5.74) is 1.68. The number of thiophene rings is 1. The smallest absolute Gasteiger partial charge is 0.422 e. The quantitative estimate of drug-likeness (QED) is 0.669. The van der Waals surface area contributed by atoms with E-state index in [-0.39, 0.29) is 17.4 Å². The van der Waals surface area contributed by atoms with Crippen molar-refractivity contribution in [2.45, 2.75) is 6.18 Å². The topological polar surface area (TPSA) is 51.2 Å². The second kappa shape index (κ2) is 7.24. The Hall–Kier alpha value is -2.39. The largest absolute Gasteiger partial charge is 0.484 e. The number of aromatic nitrogens is 1. The Morgan fingerprint density at radius 3 is 2.56 bits per heavy atom. The maximum atomic E-state index is 12.2. The maximum Gasteiger partial charge on any atom is 0.422 e. The number of halogens is 3. The zero-order valence-electron chi connectivity index (χ0n) is 12.5. The average Bonchev–Trinajstić information content (AvgIpc) is 3.24. The van der Waals surface area contributed by atoms with Crippen LogP contribution in [0.4, 0.5) is 18.9 Å². The third-order valence-corrected chi connectivity index (χ3v) is 4.59. The Balaban J connectivity index is 1.61. The molecule has 0 aliphatic rings. The van der Waals surface area contributed by atoms with Crippen LogP contribution in [0.2, 0.25) is 0 Å². The predicted octanol–water partition coefficient (Wildman–Crippen LogP) is 5.07. The molecule has 1 N–H and O–H groups in total. The molecule has 0 saturated heterocycles. The van der Waals surface area contributed by atoms with Crippen molar-refractivity contribution in [3.63, 3.8) is 0 Å². The molecule has 0 radical (unpaired) electrons. The van der Waals surface area contributed by atoms with E-state index in [0.29, 0.717) is 5.69 Å². The van der Waals surface area contributed by atoms with Crippen molar-refractivity contribution in [2.75, 3.05) is 11.9 Å². The molecule has 0 unspecified atom stereocenters. The van der Waals surface area contributed by atoms with E-state index in [4.69, 9.17) is 0 Å². The van der Waals surface area contributed by atoms with Crippen LogP contribution in [0.1, 0.15) is 10.5 Å². The van der Waals surface area contributed by atoms with Crippen LogP contribution in [-0.2, 0) is 0 Å². The number of hydrogen-bond acceptors (Lipinski definition) is 5. The summed E-state index contributed by atoms with van der Waals surface area (Å²) in [6, 6.07) is 7.58. The number of hydrogen-bond donors (Lipinski definition) is 1. The molecule has 130 valence electrons. The summed E-state index contributed by atoms with van der Waals surface area (Å²) < 4.78 is 40.9. The van der Waals surface area contributed by atoms with Crippen molar-refractivity contribution in [1.29, 1.82) is 0 Å². The number of anilines is 1. The molecule has 3 aromatic rings. The zero-order chi connectivity index (χ0) is 17.9. The minimum absolute atomic E-state index is 0.0729. The Morgan fingerprint density at radius 2 is 1.92 bits per heavy atom. The van der Waals surface area contributed by atoms with E-state index >= 15 is 0 Å². The van der Waals surface area contributed by atoms with Crippen molar-refractivity contribution in [3.05, 3.63) is 52.2 Å². The lowest BCUT2D eigenvalue weighted by Gasteiger charge is -2.09. The highest BCUT2D eigenvalue weighted by molar-refractivity contribution is 7.14. The number of thiazole rings is 1. The first-order chi connectivity index (χ1) is 11.9. The molecule has 2 aromatic heterocycles. The average molecular weight is 384 g/mol. The van der Waals surface area contributed by atoms with E-state index in [1.54, 1.807) is 16.7 Å². The fourth-order valence-electron chi connectivity index (χ4n) is 1.89. The van der Waals surface area contributed by atoms with Crippen LogP contribution in [0.5, 0.6) is 5.75 Å². The molecule has 0 aliphatic carbocycles. The van der Waals surface area contributed by atoms with Crippen LogP contribution in [0.25, 0.3) is 10.6 Å². The normalized spacial score (nSPS) is 11.3. The molecular formula is C16H11F3N2O2S2. The van der Waals surface area contributed by atoms with Crippen LogP contribution in [0.3, 0.4) is 0 Å². The predicted molar refractivity (Wildman–Crippen MR) is 91.4 cm³/mol. The minimum Gasteiger partial charge on any atom is -0.484 e. The standard InChI is InChI=1S/C16H11F3N2O2S2/c17-16(18,19)9-23-12-3-1-11(2-4-12)20-14(22)13-8-25-15(21-13)10-5-6-24-7-10/h1-8H,9H2,(H,20,22). The summed E-state index contributed by atoms with van der Waals surface area (Å²) >= 11 is 2.91. The molecule has 4 nitrogen and oxygen atoms in total. The fraction of sp³-hybridized carbons (Fsp3) is 0.125. The monoisotopic (exact) mass is 384 g/mol. The van der Waals surface area contributed by atoms with Crippen LogP contribution >= 0.6 is 22.7 Å². The Kier molecular flexibility index (Phi) is 5.05. The van der Waals surface area contributed by atoms with Crippen molar-refractivity contribution < 1.29 is 22.7 Å². The molecule has 0 fully saturated rings. The first kappa shape index (κ1) is 17.4. The van der Waals surface area contributed by atoms with E-state index in [1.807, 2.05) is 16.8 Å². The molecule has 0 aliphatic heterocycles. The highest BCUT2D eigenvalue weighted by Gasteiger charge is 2.28. The molecule has 0 bridgehead atoms. The number of rotatable bonds is 5. The summed E-state index contributed by atoms with van der Waals surface area (Å²) in [5, 5.41) is 8.93. The van der Waals surface area contributed by atoms with Gasteiger partial charge < -0.3 is 10.1 Å². The molecule has 1 aromatic carbocycles. The molecule has 0 saturated carbocycles. The van der Waals surface area contributed by atoms with E-state index in [0.717, 1.165) is 10.6 Å². The van der Waals surface area contributed by atoms with Gasteiger partial charge in [0.25, 0.3) is 5.91 Å². The van der Waals surface area contributed by atoms with Crippen LogP contribution in [0, 0.1) is 0 Å². The lowest BCUT2D eigenvalue weighted by molar-refractivity contribution is -0.153. The molecule has 3 rings (SSSR count). The number of carbonyl (C=O) groups is 1. The molecule has 2 heterocycles. The fourth-order valence-corrected chi connectivity index (χ4v) is 3.40. The molecule has 0 spiro atoms. The van der Waals surface area contributed by atoms with Crippen LogP contribution < -0.4 is 10.1 Å². The van der Waals surface area contributed by atoms with Gasteiger partial charge in [-0.2, -0.15) is 24.5 Å². The second-order valence-electron chi connectivity index (χ2n) is 4.93. The van der Waals surface area contributed by atoms with Crippen molar-refractivity contribution in [3.8, 4) is 16.3 Å². The summed E-state index contributed by atoms with van der Waals surface area (Å²) in [4.78, 5) is 16.5. The number of amides is 1. The van der Waals surface area contributed by atoms with Crippen LogP contribution in [0.15, 0.2) is 46.5 Å². The Morgan fingerprint density at radius 1 is 1.16 bits per heavy atom. The number of carbonyl (C=O) groups excluding carboxylic acids is 1. The summed E-state index contributed by atoms with van der Waals surface area (Å²) in [6.45, 7) is -1.36. The molecule has 9 heteroatoms. The highest BCUT2D eigenvalue weighted by Crippen LogP contribution is 2.26. The van der Waals surface area contributed by atoms with Gasteiger partial charge >= 0.3 is 6.18 Å². The van der Waals surface area contributed by atoms with E-state index in [1.165, 1.54) is 35.6 Å². The van der Waals surface area contributed by atoms with Gasteiger partial charge in [0.05, 0.1) is 0 Å². The van der Waals surface area contributed by atoms with Gasteiger partial charge in [0, 0.05) is 22.0 Å². The first-order valence-electron chi connectivity index (χ1n) is 7.00. The Bertz CT molecular complexity index is 843. The van der Waals surface area contributed by atoms with Gasteiger partial charge in [-0.1, -0.05) is 0 Å². The van der Waals surface area contributed by atoms with Gasteiger partial charge in [-0.25, -0.2) is 4.98 Å². The number of benzene rings is 1. The van der Waals surface area contributed by atoms with Gasteiger partial charge in [0.2, 0.25) is 0 Å². The number of ether oxygens (including phenoxy) is 1. The van der Waals surface area contributed by atoms with E-state index in [2.05, 4.69) is 15.0 Å². The van der Waals surface area contributed by atoms with Gasteiger partial charge in [0.15, 0.2) is 6.61 Å². The first-order valence-corrected chi connectivity index (χ1v) is 8.82. The Labute approximate surface area is 148 Å². The molecule has 1 amide bonds. The van der Waals surface area contributed by atoms with Gasteiger partial charge in [0.1, 0.15) is 16.5 Å². The molecule has 0 atom stereocenters. The lowest BCUT2D eigenvalue weighted by atomic mass is 10.3. The van der Waals surface area contributed by atoms with Gasteiger partial charge in [-0.05, 0) is 35.7 Å². The van der Waals surface area contributed by atoms with Crippen molar-refractivity contribution >= 4 is 34.3 Å². The van der Waals surface area contributed by atoms with Crippen LogP contribution in [-0.4, -0.2) is 23.7 Å². The van der Waals surface area contributed by atoms with E-state index < -0.39 is 12.8 Å². The number of nitrogens with zero attached hydrogens (tertiary/aromatic N) is 1. The van der Waals surface area contributed by atoms with Crippen molar-refractivity contribution in [2.24, 2.45) is 0 Å². The summed E-state index contributed by atoms with van der Waals surface area (Å²) in [6.07, 6.45) is -4.39. The lowest BCUT2D eigenvalue weighted by Crippen LogP contribution is -2.19. The van der Waals surface area contributed by atoms with Gasteiger partial charge in [-0.15, -0.1) is 11.3 Å². The third kappa shape index (κ3) is 4.80. The highest BCUT2D eigenvalue weighted by atomic mass is 32.1. The molecular weight excluding hydrogens is 373 g/mol. The summed E-state index contributed by atoms with van der Waals surface area (Å²) in [5.74, 6) is -0.314. The minimum atomic E-state index is -4.39. The summed E-state index contributed by atoms with van der Waals surface area (Å²) in [7, 11) is 0. The third-order valence-electron chi connectivity index (χ3n) is 3.02. The number of nitrogens with one attached hydrogen (secondary N) is 1. The second-order valence-corrected chi connectivity index (χ2v) is 6.57. The molecule has 25 heavy (non-hydrogen) atoms. The van der Waals surface area contributed by atoms with Gasteiger partial charge in [-0.3, -0.25) is 4.79 Å². The zero-order valence-corrected chi connectivity index (χ0v) is 14.2. The van der Waals surface area contributed by atoms with Crippen molar-refractivity contribution in [1.82, 2.24) is 4.98 Å².